The summed E-state index contributed by atoms with van der Waals surface area (Å²) in [6.45, 7) is 4.57. The van der Waals surface area contributed by atoms with E-state index in [0.717, 1.165) is 16.3 Å². The lowest BCUT2D eigenvalue weighted by molar-refractivity contribution is -0.116. The molecular formula is C27H25BrO5. The maximum atomic E-state index is 14.1. The van der Waals surface area contributed by atoms with E-state index in [1.165, 1.54) is 0 Å². The highest BCUT2D eigenvalue weighted by Crippen LogP contribution is 2.51. The lowest BCUT2D eigenvalue weighted by Crippen LogP contribution is -2.46. The third-order valence-electron chi connectivity index (χ3n) is 5.74. The smallest absolute Gasteiger partial charge is 0.219 e. The molecule has 0 saturated heterocycles. The minimum atomic E-state index is -1.52. The second-order valence-corrected chi connectivity index (χ2v) is 8.68. The molecule has 0 radical (unpaired) electrons. The Morgan fingerprint density at radius 1 is 1.00 bits per heavy atom. The summed E-state index contributed by atoms with van der Waals surface area (Å²) in [4.78, 5) is 26.7. The molecule has 1 aliphatic heterocycles. The predicted octanol–water partition coefficient (Wildman–Crippen LogP) is 5.77. The average molecular weight is 509 g/mol. The number of carbonyl (C=O) groups is 2. The van der Waals surface area contributed by atoms with Gasteiger partial charge < -0.3 is 19.0 Å². The van der Waals surface area contributed by atoms with Gasteiger partial charge in [0.25, 0.3) is 0 Å². The third-order valence-corrected chi connectivity index (χ3v) is 6.27. The number of hydrogen-bond acceptors (Lipinski definition) is 5. The summed E-state index contributed by atoms with van der Waals surface area (Å²) >= 11 is 3.45. The van der Waals surface area contributed by atoms with Crippen LogP contribution in [0.1, 0.15) is 35.3 Å². The number of rotatable bonds is 9. The molecule has 0 aromatic heterocycles. The summed E-state index contributed by atoms with van der Waals surface area (Å²) in [6, 6.07) is 20.4. The quantitative estimate of drug-likeness (QED) is 0.343. The van der Waals surface area contributed by atoms with E-state index in [0.29, 0.717) is 48.0 Å². The number of ether oxygens (including phenoxy) is 3. The molecule has 2 atom stereocenters. The molecule has 0 saturated carbocycles. The van der Waals surface area contributed by atoms with Gasteiger partial charge in [0.05, 0.1) is 19.1 Å². The highest BCUT2D eigenvalue weighted by Gasteiger charge is 2.56. The Morgan fingerprint density at radius 2 is 1.70 bits per heavy atom. The lowest BCUT2D eigenvalue weighted by Gasteiger charge is -2.33. The van der Waals surface area contributed by atoms with Crippen molar-refractivity contribution in [3.8, 4) is 17.2 Å². The van der Waals surface area contributed by atoms with Crippen molar-refractivity contribution < 1.29 is 23.8 Å². The van der Waals surface area contributed by atoms with Crippen LogP contribution in [0.2, 0.25) is 0 Å². The van der Waals surface area contributed by atoms with Crippen LogP contribution in [0, 0.1) is 5.92 Å². The highest BCUT2D eigenvalue weighted by atomic mass is 79.9. The van der Waals surface area contributed by atoms with E-state index in [1.54, 1.807) is 12.1 Å². The van der Waals surface area contributed by atoms with Crippen molar-refractivity contribution >= 4 is 28.0 Å². The van der Waals surface area contributed by atoms with E-state index in [-0.39, 0.29) is 5.78 Å². The van der Waals surface area contributed by atoms with Crippen LogP contribution in [0.4, 0.5) is 0 Å². The van der Waals surface area contributed by atoms with Crippen molar-refractivity contribution in [2.45, 2.75) is 25.9 Å². The van der Waals surface area contributed by atoms with E-state index < -0.39 is 11.5 Å². The Kier molecular flexibility index (Phi) is 6.84. The summed E-state index contributed by atoms with van der Waals surface area (Å²) in [7, 11) is 0. The van der Waals surface area contributed by atoms with E-state index in [4.69, 9.17) is 14.2 Å². The molecular weight excluding hydrogens is 484 g/mol. The molecule has 170 valence electrons. The molecule has 5 nitrogen and oxygen atoms in total. The molecule has 1 aliphatic rings. The summed E-state index contributed by atoms with van der Waals surface area (Å²) in [5, 5.41) is 0. The second-order valence-electron chi connectivity index (χ2n) is 7.77. The van der Waals surface area contributed by atoms with Gasteiger partial charge in [-0.2, -0.15) is 0 Å². The first-order valence-electron chi connectivity index (χ1n) is 11.0. The van der Waals surface area contributed by atoms with E-state index in [1.807, 2.05) is 68.4 Å². The van der Waals surface area contributed by atoms with Gasteiger partial charge in [-0.1, -0.05) is 58.4 Å². The van der Waals surface area contributed by atoms with Gasteiger partial charge in [0.15, 0.2) is 0 Å². The molecule has 2 unspecified atom stereocenters. The number of Topliss-reactive ketones (excluding diaryl/α,β-unsaturated/α-hetero) is 1. The maximum Gasteiger partial charge on any atom is 0.219 e. The van der Waals surface area contributed by atoms with Crippen molar-refractivity contribution in [2.24, 2.45) is 5.92 Å². The monoisotopic (exact) mass is 508 g/mol. The van der Waals surface area contributed by atoms with Crippen LogP contribution in [-0.2, 0) is 16.8 Å². The lowest BCUT2D eigenvalue weighted by atomic mass is 9.75. The molecule has 0 fully saturated rings. The molecule has 0 spiro atoms. The number of fused-ring (bicyclic) bond motifs is 1. The predicted molar refractivity (Wildman–Crippen MR) is 129 cm³/mol. The van der Waals surface area contributed by atoms with Crippen LogP contribution >= 0.6 is 15.9 Å². The van der Waals surface area contributed by atoms with Crippen LogP contribution in [0.3, 0.4) is 0 Å². The number of aldehydes is 1. The first kappa shape index (κ1) is 23.1. The number of carbonyl (C=O) groups excluding carboxylic acids is 2. The van der Waals surface area contributed by atoms with Gasteiger partial charge in [-0.05, 0) is 38.0 Å². The van der Waals surface area contributed by atoms with Crippen LogP contribution in [0.15, 0.2) is 71.2 Å². The molecule has 0 N–H and O–H groups in total. The van der Waals surface area contributed by atoms with Crippen LogP contribution in [-0.4, -0.2) is 25.3 Å². The zero-order valence-corrected chi connectivity index (χ0v) is 20.1. The topological polar surface area (TPSA) is 61.8 Å². The van der Waals surface area contributed by atoms with Crippen molar-refractivity contribution in [2.75, 3.05) is 13.2 Å². The maximum absolute atomic E-state index is 14.1. The Balaban J connectivity index is 1.89. The minimum absolute atomic E-state index is 0.292. The zero-order chi connectivity index (χ0) is 23.4. The van der Waals surface area contributed by atoms with Crippen molar-refractivity contribution in [3.63, 3.8) is 0 Å². The van der Waals surface area contributed by atoms with Crippen LogP contribution in [0.25, 0.3) is 0 Å². The van der Waals surface area contributed by atoms with Gasteiger partial charge in [-0.25, -0.2) is 0 Å². The largest absolute Gasteiger partial charge is 0.494 e. The fraction of sp³-hybridized carbons (Fsp3) is 0.259. The second kappa shape index (κ2) is 9.79. The van der Waals surface area contributed by atoms with Crippen LogP contribution in [0.5, 0.6) is 17.2 Å². The summed E-state index contributed by atoms with van der Waals surface area (Å²) < 4.78 is 18.8. The summed E-state index contributed by atoms with van der Waals surface area (Å²) in [6.07, 6.45) is 1.17. The molecule has 3 aromatic rings. The Bertz CT molecular complexity index is 1140. The molecule has 4 rings (SSSR count). The first-order chi connectivity index (χ1) is 16.0. The highest BCUT2D eigenvalue weighted by molar-refractivity contribution is 9.10. The van der Waals surface area contributed by atoms with Gasteiger partial charge in [-0.15, -0.1) is 0 Å². The minimum Gasteiger partial charge on any atom is -0.494 e. The van der Waals surface area contributed by atoms with Gasteiger partial charge in [-0.3, -0.25) is 4.79 Å². The fourth-order valence-corrected chi connectivity index (χ4v) is 4.56. The van der Waals surface area contributed by atoms with E-state index >= 15 is 0 Å². The van der Waals surface area contributed by atoms with Crippen molar-refractivity contribution in [1.29, 1.82) is 0 Å². The van der Waals surface area contributed by atoms with Gasteiger partial charge in [0, 0.05) is 22.2 Å². The standard InChI is InChI=1S/C27H25BrO5/c1-3-31-22-15-23(32-4-2)25-24(16-22)33-27(26(25)30,19-10-12-21(28)13-11-19)20(17-29)14-18-8-6-5-7-9-18/h5-13,15-17,20H,3-4,14H2,1-2H3. The molecule has 0 amide bonds. The van der Waals surface area contributed by atoms with Crippen LogP contribution < -0.4 is 14.2 Å². The number of benzene rings is 3. The SMILES string of the molecule is CCOc1cc(OCC)c2c(c1)OC(c1ccc(Br)cc1)(C(C=O)Cc1ccccc1)C2=O. The first-order valence-corrected chi connectivity index (χ1v) is 11.8. The summed E-state index contributed by atoms with van der Waals surface area (Å²) in [5.41, 5.74) is 0.374. The average Bonchev–Trinajstić information content (AvgIpc) is 3.12. The Labute approximate surface area is 201 Å². The molecule has 1 heterocycles. The molecule has 0 bridgehead atoms. The van der Waals surface area contributed by atoms with Gasteiger partial charge in [0.2, 0.25) is 11.4 Å². The molecule has 0 aliphatic carbocycles. The van der Waals surface area contributed by atoms with Crippen molar-refractivity contribution in [3.05, 3.63) is 87.9 Å². The normalized spacial score (nSPS) is 17.7. The van der Waals surface area contributed by atoms with E-state index in [2.05, 4.69) is 15.9 Å². The van der Waals surface area contributed by atoms with E-state index in [9.17, 15) is 9.59 Å². The molecule has 6 heteroatoms. The number of hydrogen-bond donors (Lipinski definition) is 0. The Hall–Kier alpha value is -3.12. The van der Waals surface area contributed by atoms with Gasteiger partial charge in [0.1, 0.15) is 29.1 Å². The van der Waals surface area contributed by atoms with Gasteiger partial charge >= 0.3 is 0 Å². The molecule has 33 heavy (non-hydrogen) atoms. The summed E-state index contributed by atoms with van der Waals surface area (Å²) in [5.74, 6) is 0.249. The zero-order valence-electron chi connectivity index (χ0n) is 18.5. The number of halogens is 1. The Morgan fingerprint density at radius 3 is 2.33 bits per heavy atom. The number of ketones is 1. The third kappa shape index (κ3) is 4.27. The molecule has 3 aromatic carbocycles. The van der Waals surface area contributed by atoms with Crippen molar-refractivity contribution in [1.82, 2.24) is 0 Å². The fourth-order valence-electron chi connectivity index (χ4n) is 4.30.